The predicted octanol–water partition coefficient (Wildman–Crippen LogP) is 1.10. The highest BCUT2D eigenvalue weighted by atomic mass is 16.7. The van der Waals surface area contributed by atoms with Crippen LogP contribution in [0, 0.1) is 11.3 Å². The first-order chi connectivity index (χ1) is 10.1. The second-order valence-corrected chi connectivity index (χ2v) is 4.81. The topological polar surface area (TPSA) is 91.7 Å². The number of nitrogens with zero attached hydrogens (tertiary/aromatic N) is 2. The number of carbonyl (C=O) groups excluding carboxylic acids is 2. The number of nitrogens with one attached hydrogen (secondary N) is 1. The van der Waals surface area contributed by atoms with Gasteiger partial charge in [0, 0.05) is 0 Å². The number of nitriles is 1. The number of hydrogen-bond acceptors (Lipinski definition) is 5. The Balaban J connectivity index is 2.04. The molecule has 7 heteroatoms. The lowest BCUT2D eigenvalue weighted by atomic mass is 9.87. The molecule has 0 bridgehead atoms. The Kier molecular flexibility index (Phi) is 2.94. The van der Waals surface area contributed by atoms with E-state index in [1.165, 1.54) is 0 Å². The van der Waals surface area contributed by atoms with Crippen molar-refractivity contribution in [1.82, 2.24) is 10.2 Å². The fourth-order valence-corrected chi connectivity index (χ4v) is 2.64. The number of carbonyl (C=O) groups is 2. The van der Waals surface area contributed by atoms with Gasteiger partial charge in [-0.1, -0.05) is 13.0 Å². The molecule has 2 heterocycles. The van der Waals surface area contributed by atoms with Crippen LogP contribution in [0.2, 0.25) is 0 Å². The first-order valence-corrected chi connectivity index (χ1v) is 6.53. The third-order valence-electron chi connectivity index (χ3n) is 3.80. The van der Waals surface area contributed by atoms with E-state index in [1.54, 1.807) is 25.1 Å². The minimum absolute atomic E-state index is 0.138. The van der Waals surface area contributed by atoms with Gasteiger partial charge < -0.3 is 14.8 Å². The summed E-state index contributed by atoms with van der Waals surface area (Å²) in [6, 6.07) is 6.40. The Bertz CT molecular complexity index is 667. The Morgan fingerprint density at radius 3 is 2.86 bits per heavy atom. The Labute approximate surface area is 121 Å². The molecule has 3 amide bonds. The van der Waals surface area contributed by atoms with Crippen LogP contribution in [0.1, 0.15) is 18.9 Å². The van der Waals surface area contributed by atoms with Crippen LogP contribution in [-0.4, -0.2) is 30.2 Å². The highest BCUT2D eigenvalue weighted by Crippen LogP contribution is 2.39. The van der Waals surface area contributed by atoms with Gasteiger partial charge in [0.2, 0.25) is 6.79 Å². The van der Waals surface area contributed by atoms with Crippen molar-refractivity contribution in [2.24, 2.45) is 0 Å². The first-order valence-electron chi connectivity index (χ1n) is 6.53. The van der Waals surface area contributed by atoms with E-state index in [1.807, 2.05) is 6.07 Å². The standard InChI is InChI=1S/C14H13N3O4/c1-2-14(12(18)17(6-5-15)13(19)16-14)9-3-4-10-11(7-9)21-8-20-10/h3-4,7H,2,6,8H2,1H3,(H,16,19). The first kappa shape index (κ1) is 13.2. The molecule has 2 aliphatic rings. The molecule has 1 aromatic rings. The van der Waals surface area contributed by atoms with E-state index in [-0.39, 0.29) is 13.3 Å². The van der Waals surface area contributed by atoms with Crippen molar-refractivity contribution in [3.8, 4) is 17.6 Å². The molecule has 0 aliphatic carbocycles. The molecule has 1 unspecified atom stereocenters. The molecule has 1 atom stereocenters. The van der Waals surface area contributed by atoms with Crippen LogP contribution in [0.25, 0.3) is 0 Å². The summed E-state index contributed by atoms with van der Waals surface area (Å²) in [7, 11) is 0. The average Bonchev–Trinajstić information content (AvgIpc) is 3.05. The molecule has 1 fully saturated rings. The number of urea groups is 1. The summed E-state index contributed by atoms with van der Waals surface area (Å²) in [5.74, 6) is 0.729. The van der Waals surface area contributed by atoms with Crippen LogP contribution in [-0.2, 0) is 10.3 Å². The van der Waals surface area contributed by atoms with Crippen LogP contribution in [0.3, 0.4) is 0 Å². The van der Waals surface area contributed by atoms with E-state index in [9.17, 15) is 9.59 Å². The van der Waals surface area contributed by atoms with E-state index in [0.717, 1.165) is 4.90 Å². The summed E-state index contributed by atoms with van der Waals surface area (Å²) in [5.41, 5.74) is -0.539. The normalized spacial score (nSPS) is 23.1. The summed E-state index contributed by atoms with van der Waals surface area (Å²) in [4.78, 5) is 25.4. The highest BCUT2D eigenvalue weighted by Gasteiger charge is 2.51. The largest absolute Gasteiger partial charge is 0.454 e. The van der Waals surface area contributed by atoms with Gasteiger partial charge in [-0.15, -0.1) is 0 Å². The van der Waals surface area contributed by atoms with Crippen molar-refractivity contribution in [1.29, 1.82) is 5.26 Å². The lowest BCUT2D eigenvalue weighted by Gasteiger charge is -2.25. The van der Waals surface area contributed by atoms with Gasteiger partial charge in [-0.05, 0) is 24.1 Å². The molecule has 1 saturated heterocycles. The van der Waals surface area contributed by atoms with Crippen LogP contribution < -0.4 is 14.8 Å². The van der Waals surface area contributed by atoms with E-state index < -0.39 is 17.5 Å². The second kappa shape index (κ2) is 4.66. The van der Waals surface area contributed by atoms with Crippen molar-refractivity contribution in [2.45, 2.75) is 18.9 Å². The summed E-state index contributed by atoms with van der Waals surface area (Å²) in [5, 5.41) is 11.4. The summed E-state index contributed by atoms with van der Waals surface area (Å²) < 4.78 is 10.6. The minimum atomic E-state index is -1.16. The Morgan fingerprint density at radius 1 is 1.38 bits per heavy atom. The molecule has 0 saturated carbocycles. The molecule has 1 N–H and O–H groups in total. The number of rotatable bonds is 3. The lowest BCUT2D eigenvalue weighted by molar-refractivity contribution is -0.131. The zero-order valence-corrected chi connectivity index (χ0v) is 11.4. The highest BCUT2D eigenvalue weighted by molar-refractivity contribution is 6.07. The summed E-state index contributed by atoms with van der Waals surface area (Å²) >= 11 is 0. The van der Waals surface area contributed by atoms with Gasteiger partial charge in [-0.2, -0.15) is 5.26 Å². The monoisotopic (exact) mass is 287 g/mol. The van der Waals surface area contributed by atoms with Crippen molar-refractivity contribution in [2.75, 3.05) is 13.3 Å². The number of ether oxygens (including phenoxy) is 2. The average molecular weight is 287 g/mol. The van der Waals surface area contributed by atoms with Gasteiger partial charge >= 0.3 is 6.03 Å². The maximum atomic E-state index is 12.6. The second-order valence-electron chi connectivity index (χ2n) is 4.81. The number of imide groups is 1. The molecule has 7 nitrogen and oxygen atoms in total. The quantitative estimate of drug-likeness (QED) is 0.664. The van der Waals surface area contributed by atoms with Crippen LogP contribution in [0.5, 0.6) is 11.5 Å². The number of amides is 3. The minimum Gasteiger partial charge on any atom is -0.454 e. The molecule has 3 rings (SSSR count). The molecule has 2 aliphatic heterocycles. The molecular formula is C14H13N3O4. The van der Waals surface area contributed by atoms with Gasteiger partial charge in [-0.3, -0.25) is 4.79 Å². The maximum Gasteiger partial charge on any atom is 0.326 e. The lowest BCUT2D eigenvalue weighted by Crippen LogP contribution is -2.43. The van der Waals surface area contributed by atoms with Crippen molar-refractivity contribution >= 4 is 11.9 Å². The third-order valence-corrected chi connectivity index (χ3v) is 3.80. The third kappa shape index (κ3) is 1.80. The van der Waals surface area contributed by atoms with E-state index in [4.69, 9.17) is 14.7 Å². The number of benzene rings is 1. The fourth-order valence-electron chi connectivity index (χ4n) is 2.64. The number of hydrogen-bond donors (Lipinski definition) is 1. The van der Waals surface area contributed by atoms with E-state index in [0.29, 0.717) is 23.5 Å². The van der Waals surface area contributed by atoms with Crippen molar-refractivity contribution in [3.05, 3.63) is 23.8 Å². The van der Waals surface area contributed by atoms with Crippen molar-refractivity contribution < 1.29 is 19.1 Å². The summed E-state index contributed by atoms with van der Waals surface area (Å²) in [6.45, 7) is 1.67. The maximum absolute atomic E-state index is 12.6. The van der Waals surface area contributed by atoms with Crippen LogP contribution in [0.15, 0.2) is 18.2 Å². The smallest absolute Gasteiger partial charge is 0.326 e. The van der Waals surface area contributed by atoms with Gasteiger partial charge in [0.25, 0.3) is 5.91 Å². The predicted molar refractivity (Wildman–Crippen MR) is 70.4 cm³/mol. The zero-order valence-electron chi connectivity index (χ0n) is 11.4. The van der Waals surface area contributed by atoms with Gasteiger partial charge in [0.05, 0.1) is 6.07 Å². The van der Waals surface area contributed by atoms with E-state index >= 15 is 0 Å². The Morgan fingerprint density at radius 2 is 2.14 bits per heavy atom. The van der Waals surface area contributed by atoms with Crippen LogP contribution in [0.4, 0.5) is 4.79 Å². The fraction of sp³-hybridized carbons (Fsp3) is 0.357. The molecule has 0 radical (unpaired) electrons. The molecule has 0 spiro atoms. The van der Waals surface area contributed by atoms with Crippen LogP contribution >= 0.6 is 0 Å². The van der Waals surface area contributed by atoms with Gasteiger partial charge in [-0.25, -0.2) is 9.69 Å². The number of fused-ring (bicyclic) bond motifs is 1. The van der Waals surface area contributed by atoms with Gasteiger partial charge in [0.15, 0.2) is 11.5 Å². The Hall–Kier alpha value is -2.75. The summed E-state index contributed by atoms with van der Waals surface area (Å²) in [6.07, 6.45) is 0.374. The zero-order chi connectivity index (χ0) is 15.0. The SMILES string of the molecule is CCC1(c2ccc3c(c2)OCO3)NC(=O)N(CC#N)C1=O. The molecule has 21 heavy (non-hydrogen) atoms. The molecule has 108 valence electrons. The van der Waals surface area contributed by atoms with E-state index in [2.05, 4.69) is 5.32 Å². The molecule has 0 aromatic heterocycles. The molecular weight excluding hydrogens is 274 g/mol. The van der Waals surface area contributed by atoms with Crippen molar-refractivity contribution in [3.63, 3.8) is 0 Å². The molecule has 1 aromatic carbocycles. The van der Waals surface area contributed by atoms with Gasteiger partial charge in [0.1, 0.15) is 12.1 Å².